The van der Waals surface area contributed by atoms with E-state index in [4.69, 9.17) is 0 Å². The molecule has 4 aromatic rings. The summed E-state index contributed by atoms with van der Waals surface area (Å²) in [4.78, 5) is 38.2. The molecule has 0 aliphatic rings. The van der Waals surface area contributed by atoms with E-state index in [0.29, 0.717) is 16.3 Å². The van der Waals surface area contributed by atoms with Crippen molar-refractivity contribution in [3.63, 3.8) is 0 Å². The number of rotatable bonds is 6. The van der Waals surface area contributed by atoms with Gasteiger partial charge < -0.3 is 5.32 Å². The number of hydrazone groups is 1. The maximum Gasteiger partial charge on any atom is 0.272 e. The van der Waals surface area contributed by atoms with Crippen molar-refractivity contribution in [1.29, 1.82) is 0 Å². The highest BCUT2D eigenvalue weighted by atomic mass is 32.2. The van der Waals surface area contributed by atoms with Crippen molar-refractivity contribution in [2.75, 3.05) is 12.5 Å². The van der Waals surface area contributed by atoms with Crippen LogP contribution in [0.5, 0.6) is 0 Å². The topological polar surface area (TPSA) is 133 Å². The molecule has 190 valence electrons. The van der Waals surface area contributed by atoms with Gasteiger partial charge in [-0.2, -0.15) is 10.2 Å². The highest BCUT2D eigenvalue weighted by Gasteiger charge is 2.27. The van der Waals surface area contributed by atoms with Crippen LogP contribution in [0.4, 0.5) is 0 Å². The molecule has 0 bridgehead atoms. The number of benzene rings is 3. The second-order valence-corrected chi connectivity index (χ2v) is 9.57. The lowest BCUT2D eigenvalue weighted by Gasteiger charge is -2.18. The lowest BCUT2D eigenvalue weighted by Crippen LogP contribution is -2.40. The summed E-state index contributed by atoms with van der Waals surface area (Å²) in [6.07, 6.45) is 4.81. The van der Waals surface area contributed by atoms with E-state index in [-0.39, 0.29) is 11.3 Å². The largest absolute Gasteiger partial charge is 0.335 e. The number of hydrogen-bond donors (Lipinski definition) is 3. The molecule has 3 N–H and O–H groups in total. The van der Waals surface area contributed by atoms with Crippen LogP contribution in [0.2, 0.25) is 0 Å². The van der Waals surface area contributed by atoms with Gasteiger partial charge in [-0.25, -0.2) is 10.5 Å². The zero-order chi connectivity index (χ0) is 26.8. The molecule has 0 aliphatic carbocycles. The number of fused-ring (bicyclic) bond motifs is 1. The first-order valence-corrected chi connectivity index (χ1v) is 13.2. The van der Waals surface area contributed by atoms with Crippen LogP contribution in [-0.4, -0.2) is 44.9 Å². The van der Waals surface area contributed by atoms with Crippen LogP contribution in [0.25, 0.3) is 10.8 Å². The third-order valence-corrected chi connectivity index (χ3v) is 5.14. The molecule has 0 radical (unpaired) electrons. The fourth-order valence-electron chi connectivity index (χ4n) is 3.38. The summed E-state index contributed by atoms with van der Waals surface area (Å²) in [5, 5.41) is 14.1. The molecule has 0 saturated carbocycles. The van der Waals surface area contributed by atoms with E-state index in [2.05, 4.69) is 26.0 Å². The van der Waals surface area contributed by atoms with Crippen molar-refractivity contribution in [1.82, 2.24) is 20.9 Å². The zero-order valence-electron chi connectivity index (χ0n) is 20.6. The molecular weight excluding hydrogens is 490 g/mol. The van der Waals surface area contributed by atoms with Gasteiger partial charge >= 0.3 is 0 Å². The fraction of sp³-hybridized carbons (Fsp3) is 0.148. The average molecular weight is 518 g/mol. The summed E-state index contributed by atoms with van der Waals surface area (Å²) in [6.45, 7) is 1.93. The Bertz CT molecular complexity index is 1500. The standard InChI is InChI=1S/C25H21N5O3.C2H6OS/c1-16-9-5-6-12-18(16)15-26-29-25(33)22(27-23(31)17-10-3-2-4-11-17)21-19-13-7-8-14-20(19)24(32)30-28-21;1-4(2)3/h2-15,22H,1H3,(H,27,31)(H,29,33)(H,30,32);1-2H3/b26-15+;. The third kappa shape index (κ3) is 7.52. The van der Waals surface area contributed by atoms with Gasteiger partial charge in [0.2, 0.25) is 0 Å². The van der Waals surface area contributed by atoms with Crippen LogP contribution in [0.15, 0.2) is 88.8 Å². The Morgan fingerprint density at radius 3 is 2.22 bits per heavy atom. The van der Waals surface area contributed by atoms with Crippen molar-refractivity contribution in [3.8, 4) is 0 Å². The number of carbonyl (C=O) groups is 2. The summed E-state index contributed by atoms with van der Waals surface area (Å²) >= 11 is 0. The maximum atomic E-state index is 13.1. The highest BCUT2D eigenvalue weighted by Crippen LogP contribution is 2.20. The maximum absolute atomic E-state index is 13.1. The van der Waals surface area contributed by atoms with Gasteiger partial charge in [0, 0.05) is 34.3 Å². The molecule has 3 aromatic carbocycles. The number of nitrogens with one attached hydrogen (secondary N) is 3. The van der Waals surface area contributed by atoms with Crippen LogP contribution in [0, 0.1) is 6.92 Å². The first-order chi connectivity index (χ1) is 17.8. The smallest absolute Gasteiger partial charge is 0.272 e. The Labute approximate surface area is 216 Å². The number of hydrogen-bond acceptors (Lipinski definition) is 6. The molecule has 0 saturated heterocycles. The van der Waals surface area contributed by atoms with Crippen molar-refractivity contribution in [2.45, 2.75) is 13.0 Å². The quantitative estimate of drug-likeness (QED) is 0.267. The van der Waals surface area contributed by atoms with E-state index >= 15 is 0 Å². The van der Waals surface area contributed by atoms with E-state index in [1.165, 1.54) is 6.21 Å². The van der Waals surface area contributed by atoms with Gasteiger partial charge in [-0.1, -0.05) is 60.7 Å². The van der Waals surface area contributed by atoms with Gasteiger partial charge in [0.15, 0.2) is 6.04 Å². The predicted octanol–water partition coefficient (Wildman–Crippen LogP) is 2.85. The monoisotopic (exact) mass is 517 g/mol. The summed E-state index contributed by atoms with van der Waals surface area (Å²) in [5.74, 6) is -1.07. The summed E-state index contributed by atoms with van der Waals surface area (Å²) < 4.78 is 9.56. The summed E-state index contributed by atoms with van der Waals surface area (Å²) in [5.41, 5.74) is 4.52. The molecule has 10 heteroatoms. The Kier molecular flexibility index (Phi) is 9.56. The normalized spacial score (nSPS) is 11.6. The van der Waals surface area contributed by atoms with Crippen molar-refractivity contribution in [3.05, 3.63) is 112 Å². The molecule has 0 aliphatic heterocycles. The Morgan fingerprint density at radius 2 is 1.54 bits per heavy atom. The lowest BCUT2D eigenvalue weighted by atomic mass is 10.0. The number of aromatic nitrogens is 2. The molecule has 37 heavy (non-hydrogen) atoms. The number of aromatic amines is 1. The lowest BCUT2D eigenvalue weighted by molar-refractivity contribution is -0.123. The SMILES string of the molecule is CS(C)=O.Cc1ccccc1/C=N/NC(=O)C(NC(=O)c1ccccc1)c1n[nH]c(=O)c2ccccc12. The zero-order valence-corrected chi connectivity index (χ0v) is 21.4. The van der Waals surface area contributed by atoms with Crippen LogP contribution in [0.1, 0.15) is 33.2 Å². The number of amides is 2. The number of H-pyrrole nitrogens is 1. The molecule has 2 amide bonds. The van der Waals surface area contributed by atoms with E-state index in [0.717, 1.165) is 11.1 Å². The van der Waals surface area contributed by atoms with Gasteiger partial charge in [-0.3, -0.25) is 18.6 Å². The molecule has 4 rings (SSSR count). The molecule has 1 atom stereocenters. The Morgan fingerprint density at radius 1 is 0.946 bits per heavy atom. The molecule has 0 fully saturated rings. The van der Waals surface area contributed by atoms with Crippen LogP contribution in [-0.2, 0) is 15.6 Å². The Hall–Kier alpha value is -4.44. The number of carbonyl (C=O) groups excluding carboxylic acids is 2. The highest BCUT2D eigenvalue weighted by molar-refractivity contribution is 7.83. The van der Waals surface area contributed by atoms with Crippen LogP contribution >= 0.6 is 0 Å². The van der Waals surface area contributed by atoms with E-state index in [1.54, 1.807) is 67.1 Å². The summed E-state index contributed by atoms with van der Waals surface area (Å²) in [7, 11) is -0.611. The van der Waals surface area contributed by atoms with Gasteiger partial charge in [-0.15, -0.1) is 0 Å². The van der Waals surface area contributed by atoms with Gasteiger partial charge in [0.1, 0.15) is 5.69 Å². The first-order valence-electron chi connectivity index (χ1n) is 11.2. The Balaban J connectivity index is 0.000000886. The predicted molar refractivity (Wildman–Crippen MR) is 146 cm³/mol. The van der Waals surface area contributed by atoms with Gasteiger partial charge in [0.05, 0.1) is 11.6 Å². The van der Waals surface area contributed by atoms with Crippen molar-refractivity contribution in [2.24, 2.45) is 5.10 Å². The van der Waals surface area contributed by atoms with Gasteiger partial charge in [0.25, 0.3) is 17.4 Å². The average Bonchev–Trinajstić information content (AvgIpc) is 2.89. The molecule has 0 spiro atoms. The first kappa shape index (κ1) is 27.2. The fourth-order valence-corrected chi connectivity index (χ4v) is 3.38. The molecule has 1 aromatic heterocycles. The van der Waals surface area contributed by atoms with E-state index in [9.17, 15) is 18.6 Å². The van der Waals surface area contributed by atoms with Gasteiger partial charge in [-0.05, 0) is 36.2 Å². The molecule has 1 heterocycles. The molecular formula is C27H27N5O4S. The van der Waals surface area contributed by atoms with Crippen molar-refractivity contribution >= 4 is 39.6 Å². The minimum atomic E-state index is -1.20. The summed E-state index contributed by atoms with van der Waals surface area (Å²) in [6, 6.07) is 21.7. The molecule has 1 unspecified atom stereocenters. The molecule has 9 nitrogen and oxygen atoms in total. The second-order valence-electron chi connectivity index (χ2n) is 8.09. The van der Waals surface area contributed by atoms with Crippen molar-refractivity contribution < 1.29 is 13.8 Å². The third-order valence-electron chi connectivity index (χ3n) is 5.14. The second kappa shape index (κ2) is 13.0. The minimum Gasteiger partial charge on any atom is -0.335 e. The number of aryl methyl sites for hydroxylation is 1. The van der Waals surface area contributed by atoms with E-state index in [1.807, 2.05) is 31.2 Å². The van der Waals surface area contributed by atoms with E-state index < -0.39 is 28.7 Å². The van der Waals surface area contributed by atoms with Crippen LogP contribution in [0.3, 0.4) is 0 Å². The van der Waals surface area contributed by atoms with Crippen LogP contribution < -0.4 is 16.3 Å². The number of nitrogens with zero attached hydrogens (tertiary/aromatic N) is 2. The minimum absolute atomic E-state index is 0.207.